The van der Waals surface area contributed by atoms with Crippen molar-refractivity contribution >= 4 is 16.8 Å². The SMILES string of the molecule is CCN(C(=O)c1cc2ccccc2[nH]1)C1CCCC(NCc2cccc(OC(F)(F)F)c2)C1. The summed E-state index contributed by atoms with van der Waals surface area (Å²) in [7, 11) is 0. The zero-order valence-electron chi connectivity index (χ0n) is 18.5. The van der Waals surface area contributed by atoms with Crippen LogP contribution in [0.2, 0.25) is 0 Å². The third kappa shape index (κ3) is 5.87. The number of amides is 1. The number of halogens is 3. The van der Waals surface area contributed by atoms with Gasteiger partial charge in [0.05, 0.1) is 0 Å². The number of hydrogen-bond donors (Lipinski definition) is 2. The molecule has 1 fully saturated rings. The van der Waals surface area contributed by atoms with E-state index >= 15 is 0 Å². The van der Waals surface area contributed by atoms with E-state index < -0.39 is 6.36 Å². The van der Waals surface area contributed by atoms with Gasteiger partial charge in [-0.25, -0.2) is 0 Å². The maximum absolute atomic E-state index is 13.3. The first-order chi connectivity index (χ1) is 15.8. The van der Waals surface area contributed by atoms with Crippen molar-refractivity contribution < 1.29 is 22.7 Å². The Bertz CT molecular complexity index is 1060. The van der Waals surface area contributed by atoms with Crippen molar-refractivity contribution in [3.63, 3.8) is 0 Å². The van der Waals surface area contributed by atoms with Crippen LogP contribution in [0.25, 0.3) is 10.9 Å². The molecule has 176 valence electrons. The molecule has 0 saturated heterocycles. The third-order valence-electron chi connectivity index (χ3n) is 6.18. The van der Waals surface area contributed by atoms with Crippen LogP contribution >= 0.6 is 0 Å². The van der Waals surface area contributed by atoms with Crippen molar-refractivity contribution in [2.24, 2.45) is 0 Å². The summed E-state index contributed by atoms with van der Waals surface area (Å²) in [6.07, 6.45) is -1.02. The Morgan fingerprint density at radius 3 is 2.73 bits per heavy atom. The summed E-state index contributed by atoms with van der Waals surface area (Å²) in [5, 5.41) is 4.47. The zero-order chi connectivity index (χ0) is 23.4. The minimum Gasteiger partial charge on any atom is -0.406 e. The first-order valence-electron chi connectivity index (χ1n) is 11.3. The number of aromatic nitrogens is 1. The van der Waals surface area contributed by atoms with Crippen molar-refractivity contribution in [3.8, 4) is 5.75 Å². The number of nitrogens with zero attached hydrogens (tertiary/aromatic N) is 1. The van der Waals surface area contributed by atoms with Crippen LogP contribution in [0.5, 0.6) is 5.75 Å². The standard InChI is InChI=1S/C25H28F3N3O2/c1-2-31(24(32)23-14-18-8-3-4-12-22(18)30-23)20-10-6-9-19(15-20)29-16-17-7-5-11-21(13-17)33-25(26,27)28/h3-5,7-8,11-14,19-20,29-30H,2,6,9-10,15-16H2,1H3. The molecule has 1 aliphatic carbocycles. The second-order valence-electron chi connectivity index (χ2n) is 8.45. The van der Waals surface area contributed by atoms with Crippen molar-refractivity contribution in [1.29, 1.82) is 0 Å². The lowest BCUT2D eigenvalue weighted by Gasteiger charge is -2.37. The normalized spacial score (nSPS) is 18.9. The van der Waals surface area contributed by atoms with Crippen LogP contribution in [0, 0.1) is 0 Å². The molecule has 0 bridgehead atoms. The summed E-state index contributed by atoms with van der Waals surface area (Å²) in [4.78, 5) is 18.4. The van der Waals surface area contributed by atoms with E-state index in [4.69, 9.17) is 0 Å². The average molecular weight is 460 g/mol. The van der Waals surface area contributed by atoms with E-state index in [2.05, 4.69) is 15.0 Å². The van der Waals surface area contributed by atoms with E-state index in [-0.39, 0.29) is 23.7 Å². The Hall–Kier alpha value is -3.00. The van der Waals surface area contributed by atoms with E-state index in [1.807, 2.05) is 42.2 Å². The molecule has 1 aliphatic rings. The van der Waals surface area contributed by atoms with E-state index in [0.717, 1.165) is 42.1 Å². The number of H-pyrrole nitrogens is 1. The predicted octanol–water partition coefficient (Wildman–Crippen LogP) is 5.63. The van der Waals surface area contributed by atoms with Crippen molar-refractivity contribution in [2.45, 2.75) is 57.6 Å². The highest BCUT2D eigenvalue weighted by molar-refractivity contribution is 5.98. The molecular formula is C25H28F3N3O2. The molecule has 3 aromatic rings. The third-order valence-corrected chi connectivity index (χ3v) is 6.18. The molecule has 1 aromatic heterocycles. The van der Waals surface area contributed by atoms with E-state index in [9.17, 15) is 18.0 Å². The summed E-state index contributed by atoms with van der Waals surface area (Å²) in [5.41, 5.74) is 2.26. The summed E-state index contributed by atoms with van der Waals surface area (Å²) in [6, 6.07) is 16.0. The van der Waals surface area contributed by atoms with Crippen molar-refractivity contribution in [3.05, 3.63) is 65.9 Å². The van der Waals surface area contributed by atoms with E-state index in [0.29, 0.717) is 18.8 Å². The molecular weight excluding hydrogens is 431 g/mol. The molecule has 0 spiro atoms. The quantitative estimate of drug-likeness (QED) is 0.482. The second kappa shape index (κ2) is 9.87. The highest BCUT2D eigenvalue weighted by atomic mass is 19.4. The fraction of sp³-hybridized carbons (Fsp3) is 0.400. The lowest BCUT2D eigenvalue weighted by atomic mass is 9.89. The zero-order valence-corrected chi connectivity index (χ0v) is 18.5. The molecule has 8 heteroatoms. The molecule has 1 saturated carbocycles. The number of alkyl halides is 3. The molecule has 1 amide bonds. The number of benzene rings is 2. The monoisotopic (exact) mass is 459 g/mol. The average Bonchev–Trinajstić information content (AvgIpc) is 3.22. The first kappa shape index (κ1) is 23.2. The van der Waals surface area contributed by atoms with Crippen molar-refractivity contribution in [1.82, 2.24) is 15.2 Å². The van der Waals surface area contributed by atoms with Gasteiger partial charge in [-0.3, -0.25) is 4.79 Å². The predicted molar refractivity (Wildman–Crippen MR) is 121 cm³/mol. The molecule has 0 radical (unpaired) electrons. The van der Waals surface area contributed by atoms with Crippen LogP contribution in [-0.2, 0) is 6.54 Å². The van der Waals surface area contributed by atoms with Gasteiger partial charge in [-0.15, -0.1) is 13.2 Å². The maximum Gasteiger partial charge on any atom is 0.573 e. The van der Waals surface area contributed by atoms with Gasteiger partial charge in [0.2, 0.25) is 0 Å². The van der Waals surface area contributed by atoms with Crippen LogP contribution in [-0.4, -0.2) is 40.8 Å². The number of nitrogens with one attached hydrogen (secondary N) is 2. The lowest BCUT2D eigenvalue weighted by Crippen LogP contribution is -2.46. The minimum atomic E-state index is -4.70. The van der Waals surface area contributed by atoms with Gasteiger partial charge in [0.25, 0.3) is 5.91 Å². The van der Waals surface area contributed by atoms with Gasteiger partial charge in [0.15, 0.2) is 0 Å². The second-order valence-corrected chi connectivity index (χ2v) is 8.45. The molecule has 0 aliphatic heterocycles. The van der Waals surface area contributed by atoms with Crippen LogP contribution in [0.15, 0.2) is 54.6 Å². The fourth-order valence-corrected chi connectivity index (χ4v) is 4.66. The topological polar surface area (TPSA) is 57.4 Å². The highest BCUT2D eigenvalue weighted by Gasteiger charge is 2.31. The molecule has 1 heterocycles. The highest BCUT2D eigenvalue weighted by Crippen LogP contribution is 2.27. The molecule has 4 rings (SSSR count). The number of ether oxygens (including phenoxy) is 1. The summed E-state index contributed by atoms with van der Waals surface area (Å²) >= 11 is 0. The van der Waals surface area contributed by atoms with Crippen LogP contribution < -0.4 is 10.1 Å². The number of carbonyl (C=O) groups is 1. The summed E-state index contributed by atoms with van der Waals surface area (Å²) < 4.78 is 41.4. The number of rotatable bonds is 7. The number of hydrogen-bond acceptors (Lipinski definition) is 3. The Morgan fingerprint density at radius 2 is 1.97 bits per heavy atom. The lowest BCUT2D eigenvalue weighted by molar-refractivity contribution is -0.274. The van der Waals surface area contributed by atoms with Crippen LogP contribution in [0.1, 0.15) is 48.7 Å². The Balaban J connectivity index is 1.38. The minimum absolute atomic E-state index is 0.00338. The van der Waals surface area contributed by atoms with Gasteiger partial charge in [-0.1, -0.05) is 30.3 Å². The van der Waals surface area contributed by atoms with Gasteiger partial charge in [0, 0.05) is 36.1 Å². The van der Waals surface area contributed by atoms with Gasteiger partial charge in [0.1, 0.15) is 11.4 Å². The molecule has 5 nitrogen and oxygen atoms in total. The van der Waals surface area contributed by atoms with Crippen LogP contribution in [0.3, 0.4) is 0 Å². The van der Waals surface area contributed by atoms with Gasteiger partial charge in [-0.05, 0) is 62.4 Å². The number of para-hydroxylation sites is 1. The Labute approximate surface area is 190 Å². The summed E-state index contributed by atoms with van der Waals surface area (Å²) in [6.45, 7) is 3.04. The Morgan fingerprint density at radius 1 is 1.15 bits per heavy atom. The van der Waals surface area contributed by atoms with Crippen molar-refractivity contribution in [2.75, 3.05) is 6.54 Å². The Kier molecular flexibility index (Phi) is 6.93. The van der Waals surface area contributed by atoms with Crippen LogP contribution in [0.4, 0.5) is 13.2 Å². The van der Waals surface area contributed by atoms with Gasteiger partial charge < -0.3 is 19.9 Å². The van der Waals surface area contributed by atoms with Gasteiger partial charge in [-0.2, -0.15) is 0 Å². The molecule has 2 atom stereocenters. The molecule has 2 unspecified atom stereocenters. The first-order valence-corrected chi connectivity index (χ1v) is 11.3. The fourth-order valence-electron chi connectivity index (χ4n) is 4.66. The molecule has 2 N–H and O–H groups in total. The molecule has 2 aromatic carbocycles. The molecule has 33 heavy (non-hydrogen) atoms. The van der Waals surface area contributed by atoms with Gasteiger partial charge >= 0.3 is 6.36 Å². The maximum atomic E-state index is 13.3. The summed E-state index contributed by atoms with van der Waals surface area (Å²) in [5.74, 6) is -0.222. The largest absolute Gasteiger partial charge is 0.573 e. The van der Waals surface area contributed by atoms with E-state index in [1.54, 1.807) is 12.1 Å². The number of carbonyl (C=O) groups excluding carboxylic acids is 1. The van der Waals surface area contributed by atoms with E-state index in [1.165, 1.54) is 12.1 Å². The number of fused-ring (bicyclic) bond motifs is 1. The number of aromatic amines is 1. The smallest absolute Gasteiger partial charge is 0.406 e.